The average molecular weight is 908 g/mol. The highest BCUT2D eigenvalue weighted by molar-refractivity contribution is 6.01. The predicted molar refractivity (Wildman–Crippen MR) is 299 cm³/mol. The lowest BCUT2D eigenvalue weighted by Gasteiger charge is -2.35. The number of benzene rings is 7. The molecule has 0 saturated carbocycles. The molecule has 354 valence electrons. The Balaban J connectivity index is 1.24. The molecule has 7 aromatic carbocycles. The number of anilines is 3. The first-order chi connectivity index (χ1) is 31.9. The number of rotatable bonds is 4. The number of aryl methyl sites for hydroxylation is 1. The molecule has 0 heterocycles. The summed E-state index contributed by atoms with van der Waals surface area (Å²) >= 11 is 0. The van der Waals surface area contributed by atoms with Crippen LogP contribution in [0.4, 0.5) is 17.1 Å². The lowest BCUT2D eigenvalue weighted by Crippen LogP contribution is -2.22. The Morgan fingerprint density at radius 2 is 0.667 bits per heavy atom. The van der Waals surface area contributed by atoms with Crippen LogP contribution in [-0.4, -0.2) is 0 Å². The van der Waals surface area contributed by atoms with Crippen LogP contribution in [-0.2, 0) is 37.9 Å². The van der Waals surface area contributed by atoms with Gasteiger partial charge in [-0.05, 0) is 148 Å². The summed E-state index contributed by atoms with van der Waals surface area (Å²) in [6.45, 7) is 45.1. The Hall–Kier alpha value is -5.66. The highest BCUT2D eigenvalue weighted by Gasteiger charge is 2.44. The maximum atomic E-state index is 2.68. The summed E-state index contributed by atoms with van der Waals surface area (Å²) in [4.78, 5) is 2.68. The Bertz CT molecular complexity index is 3260. The van der Waals surface area contributed by atoms with Crippen molar-refractivity contribution in [1.29, 1.82) is 0 Å². The highest BCUT2D eigenvalue weighted by Crippen LogP contribution is 2.60. The lowest BCUT2D eigenvalue weighted by atomic mass is 9.77. The first-order valence-corrected chi connectivity index (χ1v) is 25.8. The average Bonchev–Trinajstić information content (AvgIpc) is 3.74. The normalized spacial score (nSPS) is 16.1. The third-order valence-electron chi connectivity index (χ3n) is 16.7. The van der Waals surface area contributed by atoms with E-state index in [1.807, 2.05) is 0 Å². The number of fused-ring (bicyclic) bond motifs is 9. The minimum atomic E-state index is -0.200. The third kappa shape index (κ3) is 7.30. The summed E-state index contributed by atoms with van der Waals surface area (Å²) in [6.07, 6.45) is 0. The summed E-state index contributed by atoms with van der Waals surface area (Å²) in [6, 6.07) is 48.7. The van der Waals surface area contributed by atoms with E-state index in [1.54, 1.807) is 0 Å². The predicted octanol–water partition coefficient (Wildman–Crippen LogP) is 19.2. The zero-order chi connectivity index (χ0) is 49.9. The molecule has 0 radical (unpaired) electrons. The number of hydrogen-bond donors (Lipinski definition) is 0. The van der Waals surface area contributed by atoms with Crippen LogP contribution in [0.2, 0.25) is 0 Å². The lowest BCUT2D eigenvalue weighted by molar-refractivity contribution is 0.580. The first-order valence-electron chi connectivity index (χ1n) is 25.8. The summed E-state index contributed by atoms with van der Waals surface area (Å²) in [5.74, 6) is 0. The molecule has 69 heavy (non-hydrogen) atoms. The van der Waals surface area contributed by atoms with Gasteiger partial charge in [0, 0.05) is 33.1 Å². The van der Waals surface area contributed by atoms with Crippen LogP contribution in [0.1, 0.15) is 186 Å². The number of nitrogens with zero attached hydrogens (tertiary/aromatic N) is 1. The monoisotopic (exact) mass is 908 g/mol. The van der Waals surface area contributed by atoms with Crippen molar-refractivity contribution in [2.24, 2.45) is 0 Å². The van der Waals surface area contributed by atoms with Gasteiger partial charge in [0.25, 0.3) is 0 Å². The maximum absolute atomic E-state index is 2.68. The van der Waals surface area contributed by atoms with E-state index in [9.17, 15) is 0 Å². The molecule has 0 unspecified atom stereocenters. The molecule has 0 atom stereocenters. The summed E-state index contributed by atoms with van der Waals surface area (Å²) in [5.41, 5.74) is 29.0. The molecule has 0 fully saturated rings. The molecule has 0 aromatic heterocycles. The van der Waals surface area contributed by atoms with Gasteiger partial charge in [-0.1, -0.05) is 221 Å². The van der Waals surface area contributed by atoms with Crippen LogP contribution in [0.3, 0.4) is 0 Å². The van der Waals surface area contributed by atoms with Crippen LogP contribution in [0.15, 0.2) is 121 Å². The molecular weight excluding hydrogens is 831 g/mol. The minimum Gasteiger partial charge on any atom is -0.309 e. The second-order valence-electron chi connectivity index (χ2n) is 26.9. The molecule has 0 bridgehead atoms. The summed E-state index contributed by atoms with van der Waals surface area (Å²) in [7, 11) is 0. The van der Waals surface area contributed by atoms with Gasteiger partial charge in [-0.25, -0.2) is 0 Å². The Morgan fingerprint density at radius 1 is 0.319 bits per heavy atom. The van der Waals surface area contributed by atoms with Crippen molar-refractivity contribution < 1.29 is 0 Å². The quantitative estimate of drug-likeness (QED) is 0.170. The topological polar surface area (TPSA) is 3.24 Å². The van der Waals surface area contributed by atoms with Crippen molar-refractivity contribution in [3.8, 4) is 44.5 Å². The fourth-order valence-corrected chi connectivity index (χ4v) is 12.0. The van der Waals surface area contributed by atoms with E-state index in [1.165, 1.54) is 123 Å². The SMILES string of the molecule is Cc1ccc2c(c1)C(C)(C)c1cc(C(C)(C)C)cc(N(c3ccc(-c4ccc5c(c4)C(C)(C)c4cc(C(C)(C)C)ccc4-5)cc3)c3cc(C(C)(C)C)cc4c3-c3ccc(C(C)(C)C)cc3C4(C)C)c1-2. The van der Waals surface area contributed by atoms with Gasteiger partial charge in [-0.2, -0.15) is 0 Å². The largest absolute Gasteiger partial charge is 0.309 e. The van der Waals surface area contributed by atoms with Gasteiger partial charge in [-0.15, -0.1) is 0 Å². The van der Waals surface area contributed by atoms with Crippen molar-refractivity contribution in [3.63, 3.8) is 0 Å². The molecular formula is C68H77N. The van der Waals surface area contributed by atoms with E-state index >= 15 is 0 Å². The molecule has 0 saturated heterocycles. The van der Waals surface area contributed by atoms with E-state index in [0.29, 0.717) is 0 Å². The van der Waals surface area contributed by atoms with E-state index in [0.717, 1.165) is 0 Å². The molecule has 0 aliphatic heterocycles. The van der Waals surface area contributed by atoms with Crippen LogP contribution >= 0.6 is 0 Å². The zero-order valence-electron chi connectivity index (χ0n) is 45.5. The van der Waals surface area contributed by atoms with Crippen LogP contribution < -0.4 is 4.90 Å². The molecule has 3 aliphatic carbocycles. The molecule has 0 spiro atoms. The Kier molecular flexibility index (Phi) is 10.2. The standard InChI is InChI=1S/C68H77N/c1-40-20-28-50-52(32-40)67(16,17)56-36-45(64(8,9)10)38-58(60(50)56)69(59-39-46(65(11,12)13)37-57-61(59)51-31-25-44(63(5,6)7)35-55(51)68(57,18)19)47-26-21-41(22-27-47)42-23-29-48-49-30-24-43(62(2,3)4)34-54(49)66(14,15)53(48)33-42/h20-39H,1-19H3. The van der Waals surface area contributed by atoms with Gasteiger partial charge in [-0.3, -0.25) is 0 Å². The second kappa shape index (κ2) is 14.9. The van der Waals surface area contributed by atoms with Gasteiger partial charge in [0.2, 0.25) is 0 Å². The molecule has 0 N–H and O–H groups in total. The fraction of sp³-hybridized carbons (Fsp3) is 0.382. The third-order valence-corrected chi connectivity index (χ3v) is 16.7. The van der Waals surface area contributed by atoms with Gasteiger partial charge in [0.05, 0.1) is 11.4 Å². The fourth-order valence-electron chi connectivity index (χ4n) is 12.0. The Morgan fingerprint density at radius 3 is 1.13 bits per heavy atom. The van der Waals surface area contributed by atoms with Crippen LogP contribution in [0.5, 0.6) is 0 Å². The van der Waals surface area contributed by atoms with Crippen molar-refractivity contribution in [2.75, 3.05) is 4.90 Å². The smallest absolute Gasteiger partial charge is 0.0546 e. The zero-order valence-corrected chi connectivity index (χ0v) is 45.5. The van der Waals surface area contributed by atoms with Crippen LogP contribution in [0.25, 0.3) is 44.5 Å². The second-order valence-corrected chi connectivity index (χ2v) is 26.9. The number of hydrogen-bond acceptors (Lipinski definition) is 1. The summed E-state index contributed by atoms with van der Waals surface area (Å²) in [5, 5.41) is 0. The highest BCUT2D eigenvalue weighted by atomic mass is 15.1. The Labute approximate surface area is 416 Å². The van der Waals surface area contributed by atoms with Crippen molar-refractivity contribution in [2.45, 2.75) is 169 Å². The first kappa shape index (κ1) is 47.0. The van der Waals surface area contributed by atoms with Crippen molar-refractivity contribution >= 4 is 17.1 Å². The maximum Gasteiger partial charge on any atom is 0.0546 e. The van der Waals surface area contributed by atoms with Gasteiger partial charge in [0.15, 0.2) is 0 Å². The van der Waals surface area contributed by atoms with Crippen molar-refractivity contribution in [1.82, 2.24) is 0 Å². The van der Waals surface area contributed by atoms with Crippen LogP contribution in [0, 0.1) is 6.92 Å². The molecule has 0 amide bonds. The van der Waals surface area contributed by atoms with Gasteiger partial charge < -0.3 is 4.90 Å². The molecule has 7 aromatic rings. The van der Waals surface area contributed by atoms with Gasteiger partial charge >= 0.3 is 0 Å². The molecule has 3 aliphatic rings. The van der Waals surface area contributed by atoms with E-state index in [2.05, 4.69) is 258 Å². The van der Waals surface area contributed by atoms with Gasteiger partial charge in [0.1, 0.15) is 0 Å². The van der Waals surface area contributed by atoms with Crippen molar-refractivity contribution in [3.05, 3.63) is 183 Å². The molecule has 1 heteroatoms. The summed E-state index contributed by atoms with van der Waals surface area (Å²) < 4.78 is 0. The van der Waals surface area contributed by atoms with E-state index in [4.69, 9.17) is 0 Å². The van der Waals surface area contributed by atoms with E-state index in [-0.39, 0.29) is 37.9 Å². The molecule has 10 rings (SSSR count). The minimum absolute atomic E-state index is 0.0356. The molecule has 1 nitrogen and oxygen atoms in total. The van der Waals surface area contributed by atoms with E-state index < -0.39 is 0 Å².